The standard InChI is InChI=1S/C17H26N4O4S/c1-20-6-4-17(16(25)19-12(8-22)9-23)3-2-5-21(14(17)7-20)15(24)13-10-26-11-18-13/h10-12,14,22-23H,2-9H2,1H3,(H,19,25)/t14-,17+/m0/s1. The molecule has 2 amide bonds. The lowest BCUT2D eigenvalue weighted by Gasteiger charge is -2.53. The van der Waals surface area contributed by atoms with Crippen LogP contribution in [0.15, 0.2) is 10.9 Å². The molecule has 144 valence electrons. The minimum Gasteiger partial charge on any atom is -0.394 e. The molecule has 0 aromatic carbocycles. The molecule has 2 aliphatic rings. The van der Waals surface area contributed by atoms with Crippen LogP contribution in [-0.2, 0) is 4.79 Å². The fourth-order valence-electron chi connectivity index (χ4n) is 4.09. The number of aliphatic hydroxyl groups excluding tert-OH is 2. The molecule has 2 aliphatic heterocycles. The zero-order valence-electron chi connectivity index (χ0n) is 14.9. The van der Waals surface area contributed by atoms with Crippen LogP contribution in [0.25, 0.3) is 0 Å². The number of nitrogens with one attached hydrogen (secondary N) is 1. The van der Waals surface area contributed by atoms with Crippen LogP contribution in [0.1, 0.15) is 29.8 Å². The van der Waals surface area contributed by atoms with E-state index in [0.717, 1.165) is 13.0 Å². The number of piperidine rings is 2. The van der Waals surface area contributed by atoms with E-state index in [0.29, 0.717) is 31.6 Å². The molecule has 1 aromatic rings. The molecule has 2 saturated heterocycles. The predicted molar refractivity (Wildman–Crippen MR) is 96.8 cm³/mol. The fourth-order valence-corrected chi connectivity index (χ4v) is 4.62. The molecule has 3 rings (SSSR count). The quantitative estimate of drug-likeness (QED) is 0.636. The number of carbonyl (C=O) groups is 2. The van der Waals surface area contributed by atoms with Crippen molar-refractivity contribution in [3.8, 4) is 0 Å². The monoisotopic (exact) mass is 382 g/mol. The molecule has 0 radical (unpaired) electrons. The lowest BCUT2D eigenvalue weighted by atomic mass is 9.67. The van der Waals surface area contributed by atoms with E-state index in [2.05, 4.69) is 15.2 Å². The Bertz CT molecular complexity index is 637. The van der Waals surface area contributed by atoms with Crippen LogP contribution in [0.4, 0.5) is 0 Å². The number of aromatic nitrogens is 1. The number of hydrogen-bond donors (Lipinski definition) is 3. The lowest BCUT2D eigenvalue weighted by molar-refractivity contribution is -0.143. The van der Waals surface area contributed by atoms with Gasteiger partial charge in [0, 0.05) is 18.5 Å². The molecule has 9 heteroatoms. The maximum absolute atomic E-state index is 13.1. The predicted octanol–water partition coefficient (Wildman–Crippen LogP) is -0.461. The van der Waals surface area contributed by atoms with Crippen molar-refractivity contribution in [2.45, 2.75) is 31.3 Å². The molecule has 0 unspecified atom stereocenters. The number of rotatable bonds is 5. The minimum absolute atomic E-state index is 0.135. The number of carbonyl (C=O) groups excluding carboxylic acids is 2. The number of aliphatic hydroxyl groups is 2. The van der Waals surface area contributed by atoms with E-state index in [-0.39, 0.29) is 31.1 Å². The fraction of sp³-hybridized carbons (Fsp3) is 0.706. The lowest BCUT2D eigenvalue weighted by Crippen LogP contribution is -2.67. The van der Waals surface area contributed by atoms with Crippen molar-refractivity contribution in [3.63, 3.8) is 0 Å². The van der Waals surface area contributed by atoms with Crippen LogP contribution in [0.2, 0.25) is 0 Å². The number of likely N-dealkylation sites (tertiary alicyclic amines) is 2. The third kappa shape index (κ3) is 3.48. The maximum atomic E-state index is 13.1. The summed E-state index contributed by atoms with van der Waals surface area (Å²) in [4.78, 5) is 34.2. The van der Waals surface area contributed by atoms with Crippen molar-refractivity contribution in [1.82, 2.24) is 20.1 Å². The van der Waals surface area contributed by atoms with Crippen molar-refractivity contribution < 1.29 is 19.8 Å². The second-order valence-corrected chi connectivity index (χ2v) is 7.91. The van der Waals surface area contributed by atoms with Gasteiger partial charge < -0.3 is 25.3 Å². The molecular weight excluding hydrogens is 356 g/mol. The topological polar surface area (TPSA) is 106 Å². The molecule has 8 nitrogen and oxygen atoms in total. The summed E-state index contributed by atoms with van der Waals surface area (Å²) in [6.07, 6.45) is 2.08. The first-order valence-corrected chi connectivity index (χ1v) is 9.86. The van der Waals surface area contributed by atoms with E-state index < -0.39 is 11.5 Å². The van der Waals surface area contributed by atoms with E-state index in [9.17, 15) is 19.8 Å². The van der Waals surface area contributed by atoms with Crippen LogP contribution in [-0.4, -0.2) is 88.8 Å². The van der Waals surface area contributed by atoms with Gasteiger partial charge in [0.2, 0.25) is 5.91 Å². The summed E-state index contributed by atoms with van der Waals surface area (Å²) in [6, 6.07) is -0.927. The summed E-state index contributed by atoms with van der Waals surface area (Å²) in [5.41, 5.74) is 1.36. The van der Waals surface area contributed by atoms with Gasteiger partial charge in [0.1, 0.15) is 5.69 Å². The Kier molecular flexibility index (Phi) is 5.91. The first kappa shape index (κ1) is 19.2. The first-order chi connectivity index (χ1) is 12.5. The molecule has 1 aromatic heterocycles. The van der Waals surface area contributed by atoms with Crippen LogP contribution < -0.4 is 5.32 Å². The molecule has 0 spiro atoms. The van der Waals surface area contributed by atoms with Crippen LogP contribution in [0.5, 0.6) is 0 Å². The summed E-state index contributed by atoms with van der Waals surface area (Å²) in [5, 5.41) is 23.2. The van der Waals surface area contributed by atoms with E-state index in [1.807, 2.05) is 7.05 Å². The van der Waals surface area contributed by atoms with E-state index in [4.69, 9.17) is 0 Å². The van der Waals surface area contributed by atoms with Crippen molar-refractivity contribution in [2.24, 2.45) is 5.41 Å². The third-order valence-corrected chi connectivity index (χ3v) is 6.19. The Morgan fingerprint density at radius 1 is 1.38 bits per heavy atom. The zero-order valence-corrected chi connectivity index (χ0v) is 15.7. The van der Waals surface area contributed by atoms with Crippen LogP contribution in [0.3, 0.4) is 0 Å². The van der Waals surface area contributed by atoms with Gasteiger partial charge in [-0.15, -0.1) is 11.3 Å². The molecule has 26 heavy (non-hydrogen) atoms. The highest BCUT2D eigenvalue weighted by atomic mass is 32.1. The molecule has 2 fully saturated rings. The van der Waals surface area contributed by atoms with Gasteiger partial charge in [0.15, 0.2) is 0 Å². The maximum Gasteiger partial charge on any atom is 0.273 e. The number of thiazole rings is 1. The van der Waals surface area contributed by atoms with E-state index >= 15 is 0 Å². The normalized spacial score (nSPS) is 26.6. The molecular formula is C17H26N4O4S. The highest BCUT2D eigenvalue weighted by Crippen LogP contribution is 2.43. The largest absolute Gasteiger partial charge is 0.394 e. The van der Waals surface area contributed by atoms with Crippen molar-refractivity contribution >= 4 is 23.2 Å². The number of likely N-dealkylation sites (N-methyl/N-ethyl adjacent to an activating group) is 1. The molecule has 3 N–H and O–H groups in total. The van der Waals surface area contributed by atoms with Crippen molar-refractivity contribution in [2.75, 3.05) is 39.9 Å². The van der Waals surface area contributed by atoms with Gasteiger partial charge in [-0.25, -0.2) is 4.98 Å². The van der Waals surface area contributed by atoms with Gasteiger partial charge in [-0.3, -0.25) is 9.59 Å². The van der Waals surface area contributed by atoms with E-state index in [1.165, 1.54) is 11.3 Å². The molecule has 0 aliphatic carbocycles. The Morgan fingerprint density at radius 2 is 2.15 bits per heavy atom. The third-order valence-electron chi connectivity index (χ3n) is 5.60. The average Bonchev–Trinajstić information content (AvgIpc) is 3.19. The van der Waals surface area contributed by atoms with Gasteiger partial charge in [-0.2, -0.15) is 0 Å². The molecule has 0 bridgehead atoms. The highest BCUT2D eigenvalue weighted by Gasteiger charge is 2.53. The second-order valence-electron chi connectivity index (χ2n) is 7.20. The van der Waals surface area contributed by atoms with Gasteiger partial charge >= 0.3 is 0 Å². The van der Waals surface area contributed by atoms with Gasteiger partial charge in [0.05, 0.1) is 36.2 Å². The summed E-state index contributed by atoms with van der Waals surface area (Å²) in [6.45, 7) is 1.36. The summed E-state index contributed by atoms with van der Waals surface area (Å²) in [7, 11) is 1.99. The summed E-state index contributed by atoms with van der Waals surface area (Å²) in [5.74, 6) is -0.316. The number of nitrogens with zero attached hydrogens (tertiary/aromatic N) is 3. The number of amides is 2. The van der Waals surface area contributed by atoms with Crippen LogP contribution in [0, 0.1) is 5.41 Å². The summed E-state index contributed by atoms with van der Waals surface area (Å²) >= 11 is 1.38. The number of hydrogen-bond acceptors (Lipinski definition) is 7. The van der Waals surface area contributed by atoms with Gasteiger partial charge in [-0.05, 0) is 32.9 Å². The minimum atomic E-state index is -0.695. The summed E-state index contributed by atoms with van der Waals surface area (Å²) < 4.78 is 0. The Balaban J connectivity index is 1.88. The Labute approximate surface area is 156 Å². The molecule has 0 saturated carbocycles. The molecule has 3 heterocycles. The smallest absolute Gasteiger partial charge is 0.273 e. The van der Waals surface area contributed by atoms with Gasteiger partial charge in [0.25, 0.3) is 5.91 Å². The highest BCUT2D eigenvalue weighted by molar-refractivity contribution is 7.07. The molecule has 2 atom stereocenters. The van der Waals surface area contributed by atoms with Crippen molar-refractivity contribution in [1.29, 1.82) is 0 Å². The Hall–Kier alpha value is -1.55. The average molecular weight is 382 g/mol. The zero-order chi connectivity index (χ0) is 18.7. The van der Waals surface area contributed by atoms with Gasteiger partial charge in [-0.1, -0.05) is 0 Å². The second kappa shape index (κ2) is 7.99. The number of fused-ring (bicyclic) bond motifs is 1. The first-order valence-electron chi connectivity index (χ1n) is 8.92. The van der Waals surface area contributed by atoms with Crippen LogP contribution >= 0.6 is 11.3 Å². The SMILES string of the molecule is CN1CC[C@]2(C(=O)NC(CO)CO)CCCN(C(=O)c3cscn3)[C@H]2C1. The van der Waals surface area contributed by atoms with Crippen molar-refractivity contribution in [3.05, 3.63) is 16.6 Å². The Morgan fingerprint density at radius 3 is 2.81 bits per heavy atom. The van der Waals surface area contributed by atoms with E-state index in [1.54, 1.807) is 15.8 Å².